The number of hydrogen-bond acceptors (Lipinski definition) is 5. The molecule has 0 unspecified atom stereocenters. The number of rotatable bonds is 3. The highest BCUT2D eigenvalue weighted by molar-refractivity contribution is 5.92. The number of anilines is 1. The third-order valence-corrected chi connectivity index (χ3v) is 1.56. The molecule has 0 saturated carbocycles. The summed E-state index contributed by atoms with van der Waals surface area (Å²) in [6.45, 7) is 0.118. The Morgan fingerprint density at radius 2 is 2.54 bits per heavy atom. The number of nitrogens with zero attached hydrogens (tertiary/aromatic N) is 2. The lowest BCUT2D eigenvalue weighted by molar-refractivity contribution is 0.0586. The van der Waals surface area contributed by atoms with Gasteiger partial charge in [0.25, 0.3) is 0 Å². The van der Waals surface area contributed by atoms with E-state index in [1.165, 1.54) is 18.0 Å². The van der Waals surface area contributed by atoms with Gasteiger partial charge < -0.3 is 15.6 Å². The van der Waals surface area contributed by atoms with E-state index in [0.29, 0.717) is 0 Å². The van der Waals surface area contributed by atoms with Gasteiger partial charge in [-0.15, -0.1) is 0 Å². The van der Waals surface area contributed by atoms with E-state index >= 15 is 0 Å². The lowest BCUT2D eigenvalue weighted by Crippen LogP contribution is -2.15. The first-order valence-corrected chi connectivity index (χ1v) is 3.71. The first-order valence-electron chi connectivity index (χ1n) is 3.71. The molecule has 1 rings (SSSR count). The van der Waals surface area contributed by atoms with Gasteiger partial charge in [0.15, 0.2) is 5.69 Å². The summed E-state index contributed by atoms with van der Waals surface area (Å²) in [7, 11) is 1.26. The van der Waals surface area contributed by atoms with Gasteiger partial charge in [-0.3, -0.25) is 4.68 Å². The number of ether oxygens (including phenoxy) is 1. The van der Waals surface area contributed by atoms with Crippen LogP contribution in [0.2, 0.25) is 0 Å². The fourth-order valence-electron chi connectivity index (χ4n) is 0.984. The standard InChI is InChI=1S/C7H11N3O3/c1-13-7(12)6-5(8)4-9-10(6)2-3-11/h4,11H,2-3,8H2,1H3. The van der Waals surface area contributed by atoms with Crippen molar-refractivity contribution in [2.24, 2.45) is 0 Å². The Balaban J connectivity index is 3.01. The molecule has 13 heavy (non-hydrogen) atoms. The molecule has 0 aromatic carbocycles. The Morgan fingerprint density at radius 3 is 3.08 bits per heavy atom. The Labute approximate surface area is 74.9 Å². The van der Waals surface area contributed by atoms with Crippen LogP contribution in [0, 0.1) is 0 Å². The van der Waals surface area contributed by atoms with Crippen LogP contribution in [0.5, 0.6) is 0 Å². The van der Waals surface area contributed by atoms with E-state index < -0.39 is 5.97 Å². The maximum atomic E-state index is 11.1. The smallest absolute Gasteiger partial charge is 0.358 e. The van der Waals surface area contributed by atoms with Crippen LogP contribution in [-0.2, 0) is 11.3 Å². The van der Waals surface area contributed by atoms with E-state index in [9.17, 15) is 4.79 Å². The number of carbonyl (C=O) groups excluding carboxylic acids is 1. The van der Waals surface area contributed by atoms with Crippen molar-refractivity contribution in [3.8, 4) is 0 Å². The molecule has 0 saturated heterocycles. The van der Waals surface area contributed by atoms with Crippen molar-refractivity contribution in [1.82, 2.24) is 9.78 Å². The molecule has 0 amide bonds. The SMILES string of the molecule is COC(=O)c1c(N)cnn1CCO. The van der Waals surface area contributed by atoms with Crippen molar-refractivity contribution in [1.29, 1.82) is 0 Å². The van der Waals surface area contributed by atoms with Crippen LogP contribution < -0.4 is 5.73 Å². The minimum absolute atomic E-state index is 0.106. The summed E-state index contributed by atoms with van der Waals surface area (Å²) in [6, 6.07) is 0. The largest absolute Gasteiger partial charge is 0.464 e. The Hall–Kier alpha value is -1.56. The van der Waals surface area contributed by atoms with E-state index in [1.54, 1.807) is 0 Å². The molecule has 0 spiro atoms. The molecule has 0 atom stereocenters. The summed E-state index contributed by atoms with van der Waals surface area (Å²) >= 11 is 0. The number of nitrogens with two attached hydrogens (primary N) is 1. The molecule has 6 heteroatoms. The van der Waals surface area contributed by atoms with Crippen molar-refractivity contribution in [3.05, 3.63) is 11.9 Å². The molecular formula is C7H11N3O3. The highest BCUT2D eigenvalue weighted by Gasteiger charge is 2.16. The average Bonchev–Trinajstić information content (AvgIpc) is 2.47. The first-order chi connectivity index (χ1) is 6.20. The second-order valence-electron chi connectivity index (χ2n) is 2.39. The molecular weight excluding hydrogens is 174 g/mol. The topological polar surface area (TPSA) is 90.4 Å². The number of nitrogen functional groups attached to an aromatic ring is 1. The summed E-state index contributed by atoms with van der Waals surface area (Å²) in [4.78, 5) is 11.1. The fourth-order valence-corrected chi connectivity index (χ4v) is 0.984. The molecule has 0 fully saturated rings. The summed E-state index contributed by atoms with van der Waals surface area (Å²) < 4.78 is 5.81. The lowest BCUT2D eigenvalue weighted by atomic mass is 10.4. The third-order valence-electron chi connectivity index (χ3n) is 1.56. The highest BCUT2D eigenvalue weighted by Crippen LogP contribution is 2.11. The summed E-state index contributed by atoms with van der Waals surface area (Å²) in [5, 5.41) is 12.5. The monoisotopic (exact) mass is 185 g/mol. The van der Waals surface area contributed by atoms with Crippen LogP contribution in [0.3, 0.4) is 0 Å². The Morgan fingerprint density at radius 1 is 1.85 bits per heavy atom. The van der Waals surface area contributed by atoms with Crippen molar-refractivity contribution in [2.45, 2.75) is 6.54 Å². The molecule has 0 aliphatic rings. The molecule has 0 aliphatic heterocycles. The van der Waals surface area contributed by atoms with Crippen LogP contribution >= 0.6 is 0 Å². The van der Waals surface area contributed by atoms with Gasteiger partial charge in [-0.1, -0.05) is 0 Å². The van der Waals surface area contributed by atoms with E-state index in [4.69, 9.17) is 10.8 Å². The van der Waals surface area contributed by atoms with E-state index in [0.717, 1.165) is 0 Å². The fraction of sp³-hybridized carbons (Fsp3) is 0.429. The van der Waals surface area contributed by atoms with Gasteiger partial charge in [-0.05, 0) is 0 Å². The van der Waals surface area contributed by atoms with Crippen LogP contribution in [0.25, 0.3) is 0 Å². The van der Waals surface area contributed by atoms with Gasteiger partial charge in [0.2, 0.25) is 0 Å². The average molecular weight is 185 g/mol. The molecule has 1 aromatic rings. The highest BCUT2D eigenvalue weighted by atomic mass is 16.5. The maximum absolute atomic E-state index is 11.1. The number of methoxy groups -OCH3 is 1. The summed E-state index contributed by atoms with van der Waals surface area (Å²) in [5.41, 5.74) is 5.91. The number of esters is 1. The molecule has 0 bridgehead atoms. The molecule has 0 radical (unpaired) electrons. The minimum atomic E-state index is -0.552. The van der Waals surface area contributed by atoms with Crippen molar-refractivity contribution >= 4 is 11.7 Å². The number of aromatic nitrogens is 2. The number of aliphatic hydroxyl groups is 1. The molecule has 0 aliphatic carbocycles. The maximum Gasteiger partial charge on any atom is 0.358 e. The minimum Gasteiger partial charge on any atom is -0.464 e. The number of aliphatic hydroxyl groups excluding tert-OH is 1. The second-order valence-corrected chi connectivity index (χ2v) is 2.39. The van der Waals surface area contributed by atoms with Gasteiger partial charge in [0.1, 0.15) is 0 Å². The van der Waals surface area contributed by atoms with Crippen LogP contribution in [-0.4, -0.2) is 34.6 Å². The normalized spacial score (nSPS) is 10.0. The molecule has 6 nitrogen and oxygen atoms in total. The summed E-state index contributed by atoms with van der Waals surface area (Å²) in [6.07, 6.45) is 1.35. The van der Waals surface area contributed by atoms with Crippen LogP contribution in [0.1, 0.15) is 10.5 Å². The number of hydrogen-bond donors (Lipinski definition) is 2. The van der Waals surface area contributed by atoms with Crippen LogP contribution in [0.15, 0.2) is 6.20 Å². The molecule has 3 N–H and O–H groups in total. The lowest BCUT2D eigenvalue weighted by Gasteiger charge is -2.03. The van der Waals surface area contributed by atoms with Gasteiger partial charge in [0, 0.05) is 0 Å². The zero-order valence-corrected chi connectivity index (χ0v) is 7.23. The molecule has 72 valence electrons. The third kappa shape index (κ3) is 1.78. The van der Waals surface area contributed by atoms with Gasteiger partial charge in [-0.25, -0.2) is 4.79 Å². The summed E-state index contributed by atoms with van der Waals surface area (Å²) in [5.74, 6) is -0.552. The number of carbonyl (C=O) groups is 1. The molecule has 1 heterocycles. The second kappa shape index (κ2) is 3.90. The zero-order valence-electron chi connectivity index (χ0n) is 7.23. The van der Waals surface area contributed by atoms with E-state index in [1.807, 2.05) is 0 Å². The Kier molecular flexibility index (Phi) is 2.86. The van der Waals surface area contributed by atoms with Gasteiger partial charge >= 0.3 is 5.97 Å². The van der Waals surface area contributed by atoms with E-state index in [2.05, 4.69) is 9.84 Å². The molecule has 1 aromatic heterocycles. The quantitative estimate of drug-likeness (QED) is 0.604. The van der Waals surface area contributed by atoms with Crippen molar-refractivity contribution < 1.29 is 14.6 Å². The van der Waals surface area contributed by atoms with Gasteiger partial charge in [-0.2, -0.15) is 5.10 Å². The predicted molar refractivity (Wildman–Crippen MR) is 45.1 cm³/mol. The van der Waals surface area contributed by atoms with Crippen molar-refractivity contribution in [3.63, 3.8) is 0 Å². The van der Waals surface area contributed by atoms with E-state index in [-0.39, 0.29) is 24.5 Å². The van der Waals surface area contributed by atoms with Crippen LogP contribution in [0.4, 0.5) is 5.69 Å². The van der Waals surface area contributed by atoms with Gasteiger partial charge in [0.05, 0.1) is 32.1 Å². The van der Waals surface area contributed by atoms with Crippen molar-refractivity contribution in [2.75, 3.05) is 19.5 Å². The Bertz CT molecular complexity index is 308. The zero-order chi connectivity index (χ0) is 9.84. The first kappa shape index (κ1) is 9.53. The predicted octanol–water partition coefficient (Wildman–Crippen LogP) is -0.756.